The summed E-state index contributed by atoms with van der Waals surface area (Å²) >= 11 is 0. The molecule has 92 valence electrons. The number of ether oxygens (including phenoxy) is 1. The molecule has 0 aliphatic rings. The Morgan fingerprint density at radius 1 is 1.35 bits per heavy atom. The van der Waals surface area contributed by atoms with E-state index in [0.717, 1.165) is 12.8 Å². The van der Waals surface area contributed by atoms with Gasteiger partial charge in [-0.3, -0.25) is 0 Å². The zero-order valence-corrected chi connectivity index (χ0v) is 10.2. The van der Waals surface area contributed by atoms with E-state index in [2.05, 4.69) is 12.1 Å². The largest absolute Gasteiger partial charge is 0.463 e. The van der Waals surface area contributed by atoms with Crippen molar-refractivity contribution in [3.05, 3.63) is 47.7 Å². The van der Waals surface area contributed by atoms with Gasteiger partial charge in [-0.1, -0.05) is 30.3 Å². The van der Waals surface area contributed by atoms with Crippen LogP contribution in [0.5, 0.6) is 0 Å². The number of carbonyl (C=O) groups is 1. The fourth-order valence-corrected chi connectivity index (χ4v) is 1.55. The number of hydrogen-bond acceptors (Lipinski definition) is 3. The Labute approximate surface area is 102 Å². The van der Waals surface area contributed by atoms with Crippen LogP contribution in [0.15, 0.2) is 42.1 Å². The number of allylic oxidation sites excluding steroid dienone is 1. The van der Waals surface area contributed by atoms with Gasteiger partial charge in [0.15, 0.2) is 0 Å². The molecule has 0 spiro atoms. The van der Waals surface area contributed by atoms with Gasteiger partial charge in [0.2, 0.25) is 0 Å². The van der Waals surface area contributed by atoms with E-state index in [4.69, 9.17) is 10.5 Å². The van der Waals surface area contributed by atoms with Crippen LogP contribution in [-0.4, -0.2) is 12.6 Å². The Bertz CT molecular complexity index is 371. The summed E-state index contributed by atoms with van der Waals surface area (Å²) in [6, 6.07) is 10.2. The molecular formula is C14H19NO2. The minimum absolute atomic E-state index is 0.357. The highest BCUT2D eigenvalue weighted by Gasteiger charge is 1.99. The van der Waals surface area contributed by atoms with Crippen molar-refractivity contribution in [3.8, 4) is 0 Å². The molecule has 3 nitrogen and oxygen atoms in total. The summed E-state index contributed by atoms with van der Waals surface area (Å²) in [7, 11) is 0. The second-order valence-electron chi connectivity index (χ2n) is 3.81. The number of hydrogen-bond donors (Lipinski definition) is 1. The zero-order valence-electron chi connectivity index (χ0n) is 10.2. The van der Waals surface area contributed by atoms with E-state index in [1.807, 2.05) is 18.2 Å². The van der Waals surface area contributed by atoms with E-state index >= 15 is 0 Å². The second-order valence-corrected chi connectivity index (χ2v) is 3.81. The number of aryl methyl sites for hydroxylation is 1. The SMILES string of the molecule is CCOC(=O)/C=C(\N)CCCc1ccccc1. The van der Waals surface area contributed by atoms with Crippen molar-refractivity contribution in [3.63, 3.8) is 0 Å². The second kappa shape index (κ2) is 7.49. The molecule has 0 saturated heterocycles. The van der Waals surface area contributed by atoms with E-state index in [-0.39, 0.29) is 5.97 Å². The van der Waals surface area contributed by atoms with Crippen LogP contribution < -0.4 is 5.73 Å². The van der Waals surface area contributed by atoms with Gasteiger partial charge < -0.3 is 10.5 Å². The average molecular weight is 233 g/mol. The van der Waals surface area contributed by atoms with Crippen LogP contribution in [0.2, 0.25) is 0 Å². The van der Waals surface area contributed by atoms with Crippen LogP contribution in [-0.2, 0) is 16.0 Å². The maximum absolute atomic E-state index is 11.1. The fraction of sp³-hybridized carbons (Fsp3) is 0.357. The molecule has 3 heteroatoms. The first-order chi connectivity index (χ1) is 8.22. The van der Waals surface area contributed by atoms with E-state index in [1.54, 1.807) is 6.92 Å². The molecule has 0 unspecified atom stereocenters. The van der Waals surface area contributed by atoms with Gasteiger partial charge in [0.1, 0.15) is 0 Å². The van der Waals surface area contributed by atoms with Crippen LogP contribution in [0.3, 0.4) is 0 Å². The van der Waals surface area contributed by atoms with Gasteiger partial charge in [-0.05, 0) is 31.7 Å². The van der Waals surface area contributed by atoms with Gasteiger partial charge in [0, 0.05) is 11.8 Å². The van der Waals surface area contributed by atoms with Crippen molar-refractivity contribution in [2.75, 3.05) is 6.61 Å². The van der Waals surface area contributed by atoms with Crippen molar-refractivity contribution in [2.24, 2.45) is 5.73 Å². The zero-order chi connectivity index (χ0) is 12.5. The molecule has 1 rings (SSSR count). The van der Waals surface area contributed by atoms with Crippen molar-refractivity contribution in [1.82, 2.24) is 0 Å². The molecule has 0 bridgehead atoms. The van der Waals surface area contributed by atoms with Gasteiger partial charge in [-0.15, -0.1) is 0 Å². The normalized spacial score (nSPS) is 11.2. The summed E-state index contributed by atoms with van der Waals surface area (Å²) < 4.78 is 4.78. The van der Waals surface area contributed by atoms with Crippen molar-refractivity contribution in [1.29, 1.82) is 0 Å². The van der Waals surface area contributed by atoms with Crippen LogP contribution in [0.1, 0.15) is 25.3 Å². The van der Waals surface area contributed by atoms with Crippen LogP contribution in [0.25, 0.3) is 0 Å². The third kappa shape index (κ3) is 5.76. The highest BCUT2D eigenvalue weighted by Crippen LogP contribution is 2.07. The number of nitrogens with two attached hydrogens (primary N) is 1. The first kappa shape index (κ1) is 13.3. The van der Waals surface area contributed by atoms with Crippen LogP contribution in [0.4, 0.5) is 0 Å². The molecule has 0 atom stereocenters. The van der Waals surface area contributed by atoms with Gasteiger partial charge >= 0.3 is 5.97 Å². The Morgan fingerprint density at radius 3 is 2.71 bits per heavy atom. The minimum Gasteiger partial charge on any atom is -0.463 e. The third-order valence-corrected chi connectivity index (χ3v) is 2.36. The lowest BCUT2D eigenvalue weighted by Crippen LogP contribution is -2.06. The van der Waals surface area contributed by atoms with E-state index in [1.165, 1.54) is 11.6 Å². The molecule has 2 N–H and O–H groups in total. The van der Waals surface area contributed by atoms with Crippen LogP contribution >= 0.6 is 0 Å². The maximum atomic E-state index is 11.1. The number of benzene rings is 1. The first-order valence-corrected chi connectivity index (χ1v) is 5.89. The summed E-state index contributed by atoms with van der Waals surface area (Å²) in [6.07, 6.45) is 3.99. The predicted molar refractivity (Wildman–Crippen MR) is 68.3 cm³/mol. The molecule has 17 heavy (non-hydrogen) atoms. The van der Waals surface area contributed by atoms with Crippen molar-refractivity contribution >= 4 is 5.97 Å². The number of carbonyl (C=O) groups excluding carboxylic acids is 1. The number of rotatable bonds is 6. The Kier molecular flexibility index (Phi) is 5.86. The van der Waals surface area contributed by atoms with Gasteiger partial charge in [-0.2, -0.15) is 0 Å². The topological polar surface area (TPSA) is 52.3 Å². The summed E-state index contributed by atoms with van der Waals surface area (Å²) in [5.74, 6) is -0.357. The average Bonchev–Trinajstić information content (AvgIpc) is 2.30. The molecular weight excluding hydrogens is 214 g/mol. The Morgan fingerprint density at radius 2 is 2.06 bits per heavy atom. The van der Waals surface area contributed by atoms with Gasteiger partial charge in [-0.25, -0.2) is 4.79 Å². The van der Waals surface area contributed by atoms with Gasteiger partial charge in [0.25, 0.3) is 0 Å². The lowest BCUT2D eigenvalue weighted by molar-refractivity contribution is -0.137. The standard InChI is InChI=1S/C14H19NO2/c1-2-17-14(16)11-13(15)10-6-9-12-7-4-3-5-8-12/h3-5,7-8,11H,2,6,9-10,15H2,1H3/b13-11-. The lowest BCUT2D eigenvalue weighted by atomic mass is 10.1. The molecule has 0 fully saturated rings. The molecule has 1 aromatic rings. The fourth-order valence-electron chi connectivity index (χ4n) is 1.55. The Hall–Kier alpha value is -1.77. The Balaban J connectivity index is 2.29. The summed E-state index contributed by atoms with van der Waals surface area (Å²) in [6.45, 7) is 2.16. The molecule has 0 amide bonds. The van der Waals surface area contributed by atoms with E-state index in [9.17, 15) is 4.79 Å². The lowest BCUT2D eigenvalue weighted by Gasteiger charge is -2.02. The van der Waals surface area contributed by atoms with Crippen molar-refractivity contribution in [2.45, 2.75) is 26.2 Å². The predicted octanol–water partition coefficient (Wildman–Crippen LogP) is 2.42. The molecule has 0 heterocycles. The summed E-state index contributed by atoms with van der Waals surface area (Å²) in [4.78, 5) is 11.1. The molecule has 0 aliphatic heterocycles. The molecule has 0 saturated carbocycles. The van der Waals surface area contributed by atoms with Crippen molar-refractivity contribution < 1.29 is 9.53 Å². The smallest absolute Gasteiger partial charge is 0.332 e. The highest BCUT2D eigenvalue weighted by molar-refractivity contribution is 5.82. The third-order valence-electron chi connectivity index (χ3n) is 2.36. The molecule has 0 aliphatic carbocycles. The monoisotopic (exact) mass is 233 g/mol. The molecule has 0 aromatic heterocycles. The van der Waals surface area contributed by atoms with E-state index in [0.29, 0.717) is 18.7 Å². The van der Waals surface area contributed by atoms with Gasteiger partial charge in [0.05, 0.1) is 6.61 Å². The minimum atomic E-state index is -0.357. The quantitative estimate of drug-likeness (QED) is 0.606. The maximum Gasteiger partial charge on any atom is 0.332 e. The number of esters is 1. The van der Waals surface area contributed by atoms with E-state index < -0.39 is 0 Å². The molecule has 0 radical (unpaired) electrons. The first-order valence-electron chi connectivity index (χ1n) is 5.89. The highest BCUT2D eigenvalue weighted by atomic mass is 16.5. The summed E-state index contributed by atoms with van der Waals surface area (Å²) in [5, 5.41) is 0. The molecule has 1 aromatic carbocycles. The summed E-state index contributed by atoms with van der Waals surface area (Å²) in [5.41, 5.74) is 7.60. The van der Waals surface area contributed by atoms with Crippen LogP contribution in [0, 0.1) is 0 Å².